The molecule has 36 heavy (non-hydrogen) atoms. The van der Waals surface area contributed by atoms with Crippen molar-refractivity contribution >= 4 is 52.2 Å². The van der Waals surface area contributed by atoms with Gasteiger partial charge in [-0.15, -0.1) is 0 Å². The summed E-state index contributed by atoms with van der Waals surface area (Å²) in [6.45, 7) is 4.12. The molecule has 184 valence electrons. The van der Waals surface area contributed by atoms with Crippen molar-refractivity contribution in [3.8, 4) is 5.75 Å². The molecule has 2 atom stereocenters. The number of carbonyl (C=O) groups is 3. The van der Waals surface area contributed by atoms with Crippen molar-refractivity contribution < 1.29 is 23.9 Å². The monoisotopic (exact) mass is 485 g/mol. The normalized spacial score (nSPS) is 21.3. The van der Waals surface area contributed by atoms with Gasteiger partial charge < -0.3 is 14.4 Å². The zero-order valence-electron chi connectivity index (χ0n) is 21.1. The van der Waals surface area contributed by atoms with Gasteiger partial charge in [-0.05, 0) is 24.1 Å². The maximum absolute atomic E-state index is 13.1. The van der Waals surface area contributed by atoms with Gasteiger partial charge in [0.2, 0.25) is 11.8 Å². The van der Waals surface area contributed by atoms with Crippen LogP contribution in [0, 0.1) is 0 Å². The number of morpholine rings is 1. The number of rotatable bonds is 6. The van der Waals surface area contributed by atoms with Crippen LogP contribution in [0.15, 0.2) is 30.3 Å². The molecule has 2 saturated heterocycles. The van der Waals surface area contributed by atoms with Crippen molar-refractivity contribution in [2.75, 3.05) is 26.3 Å². The summed E-state index contributed by atoms with van der Waals surface area (Å²) in [6.07, 6.45) is 0.576. The number of imide groups is 1. The molecule has 3 heterocycles. The van der Waals surface area contributed by atoms with Gasteiger partial charge in [-0.1, -0.05) is 34.7 Å². The Hall–Kier alpha value is -3.04. The number of amides is 3. The van der Waals surface area contributed by atoms with Crippen LogP contribution in [0.25, 0.3) is 0 Å². The Kier molecular flexibility index (Phi) is 6.95. The predicted octanol–water partition coefficient (Wildman–Crippen LogP) is -2.49. The predicted molar refractivity (Wildman–Crippen MR) is 143 cm³/mol. The molecule has 1 N–H and O–H groups in total. The first-order valence-corrected chi connectivity index (χ1v) is 12.6. The quantitative estimate of drug-likeness (QED) is 0.360. The van der Waals surface area contributed by atoms with E-state index in [9.17, 15) is 14.4 Å². The highest BCUT2D eigenvalue weighted by molar-refractivity contribution is 6.41. The Labute approximate surface area is 213 Å². The van der Waals surface area contributed by atoms with Crippen LogP contribution < -0.4 is 21.0 Å². The lowest BCUT2D eigenvalue weighted by atomic mass is 9.71. The lowest BCUT2D eigenvalue weighted by molar-refractivity contribution is -0.136. The number of hydrogen-bond donors (Lipinski definition) is 1. The van der Waals surface area contributed by atoms with Crippen LogP contribution >= 0.6 is 0 Å². The van der Waals surface area contributed by atoms with Crippen LogP contribution in [0.5, 0.6) is 5.75 Å². The highest BCUT2D eigenvalue weighted by atomic mass is 16.5. The topological polar surface area (TPSA) is 88.2 Å². The molecule has 5 rings (SSSR count). The summed E-state index contributed by atoms with van der Waals surface area (Å²) in [4.78, 5) is 41.0. The minimum absolute atomic E-state index is 0.196. The van der Waals surface area contributed by atoms with Crippen LogP contribution in [-0.2, 0) is 27.5 Å². The van der Waals surface area contributed by atoms with Crippen LogP contribution in [0.2, 0.25) is 0 Å². The maximum Gasteiger partial charge on any atom is 0.255 e. The second-order valence-corrected chi connectivity index (χ2v) is 9.94. The van der Waals surface area contributed by atoms with Gasteiger partial charge in [0, 0.05) is 36.6 Å². The molecule has 0 bridgehead atoms. The number of piperidine rings is 1. The van der Waals surface area contributed by atoms with E-state index in [1.54, 1.807) is 11.0 Å². The van der Waals surface area contributed by atoms with Gasteiger partial charge in [-0.3, -0.25) is 24.6 Å². The molecule has 0 radical (unpaired) electrons. The number of benzene rings is 2. The standard InChI is InChI=1S/C25H30B3N3O5/c26-17-10-14(11-18(27)22(17)23(28)30-6-8-35-9-7-30)13-36-20-3-1-2-15-16(20)12-31(25(15)34)19-4-5-21(32)29-24(19)33/h1-3,10-11,19,23H,4-9,12-13,26-28H2,(H,29,32,33). The fourth-order valence-electron chi connectivity index (χ4n) is 5.81. The Bertz CT molecular complexity index is 1190. The zero-order valence-corrected chi connectivity index (χ0v) is 21.1. The van der Waals surface area contributed by atoms with Crippen LogP contribution in [0.3, 0.4) is 0 Å². The zero-order chi connectivity index (χ0) is 25.4. The number of carbonyl (C=O) groups excluding carboxylic acids is 3. The summed E-state index contributed by atoms with van der Waals surface area (Å²) in [5.74, 6) is 0.0768. The lowest BCUT2D eigenvalue weighted by Crippen LogP contribution is -2.52. The molecule has 3 amide bonds. The molecule has 0 aromatic heterocycles. The number of nitrogens with one attached hydrogen (secondary N) is 1. The Morgan fingerprint density at radius 2 is 1.83 bits per heavy atom. The third kappa shape index (κ3) is 4.69. The van der Waals surface area contributed by atoms with E-state index in [0.717, 1.165) is 37.4 Å². The van der Waals surface area contributed by atoms with E-state index in [1.165, 1.54) is 16.5 Å². The summed E-state index contributed by atoms with van der Waals surface area (Å²) in [7, 11) is 6.56. The minimum Gasteiger partial charge on any atom is -0.489 e. The average Bonchev–Trinajstić information content (AvgIpc) is 3.19. The second-order valence-electron chi connectivity index (χ2n) is 9.94. The van der Waals surface area contributed by atoms with Gasteiger partial charge in [-0.2, -0.15) is 0 Å². The molecule has 0 aliphatic carbocycles. The molecule has 3 aliphatic heterocycles. The number of hydrogen-bond acceptors (Lipinski definition) is 6. The van der Waals surface area contributed by atoms with E-state index in [1.807, 2.05) is 12.1 Å². The third-order valence-corrected chi connectivity index (χ3v) is 7.60. The molecule has 2 fully saturated rings. The fraction of sp³-hybridized carbons (Fsp3) is 0.400. The van der Waals surface area contributed by atoms with Crippen LogP contribution in [0.4, 0.5) is 0 Å². The second kappa shape index (κ2) is 10.1. The van der Waals surface area contributed by atoms with Crippen molar-refractivity contribution in [2.45, 2.75) is 38.0 Å². The highest BCUT2D eigenvalue weighted by Gasteiger charge is 2.40. The van der Waals surface area contributed by atoms with Gasteiger partial charge in [0.25, 0.3) is 5.91 Å². The molecule has 0 saturated carbocycles. The van der Waals surface area contributed by atoms with E-state index in [0.29, 0.717) is 36.8 Å². The summed E-state index contributed by atoms with van der Waals surface area (Å²) in [5.41, 5.74) is 6.26. The lowest BCUT2D eigenvalue weighted by Gasteiger charge is -2.34. The molecule has 2 unspecified atom stereocenters. The molecule has 2 aromatic rings. The molecule has 8 nitrogen and oxygen atoms in total. The largest absolute Gasteiger partial charge is 0.489 e. The van der Waals surface area contributed by atoms with E-state index in [4.69, 9.17) is 9.47 Å². The highest BCUT2D eigenvalue weighted by Crippen LogP contribution is 2.34. The summed E-state index contributed by atoms with van der Waals surface area (Å²) in [6, 6.07) is 9.18. The molecule has 3 aliphatic rings. The molecular formula is C25H30B3N3O5. The molecule has 2 aromatic carbocycles. The fourth-order valence-corrected chi connectivity index (χ4v) is 5.81. The SMILES string of the molecule is Bc1cc(COc2cccc3c2CN(C2CCC(=O)NC2=O)C3=O)cc(B)c1C(B)N1CCOCC1. The van der Waals surface area contributed by atoms with E-state index in [2.05, 4.69) is 45.9 Å². The summed E-state index contributed by atoms with van der Waals surface area (Å²) < 4.78 is 11.7. The molecule has 0 spiro atoms. The number of ether oxygens (including phenoxy) is 2. The first kappa shape index (κ1) is 24.7. The van der Waals surface area contributed by atoms with Crippen molar-refractivity contribution in [3.05, 3.63) is 52.6 Å². The maximum atomic E-state index is 13.1. The van der Waals surface area contributed by atoms with Crippen molar-refractivity contribution in [3.63, 3.8) is 0 Å². The van der Waals surface area contributed by atoms with Gasteiger partial charge in [-0.25, -0.2) is 0 Å². The van der Waals surface area contributed by atoms with Gasteiger partial charge in [0.15, 0.2) is 0 Å². The van der Waals surface area contributed by atoms with Crippen LogP contribution in [0.1, 0.15) is 45.8 Å². The number of nitrogens with zero attached hydrogens (tertiary/aromatic N) is 2. The van der Waals surface area contributed by atoms with Crippen molar-refractivity contribution in [1.82, 2.24) is 15.1 Å². The van der Waals surface area contributed by atoms with Crippen LogP contribution in [-0.4, -0.2) is 83.4 Å². The summed E-state index contributed by atoms with van der Waals surface area (Å²) >= 11 is 0. The van der Waals surface area contributed by atoms with E-state index in [-0.39, 0.29) is 18.2 Å². The third-order valence-electron chi connectivity index (χ3n) is 7.60. The average molecular weight is 485 g/mol. The van der Waals surface area contributed by atoms with Gasteiger partial charge in [0.1, 0.15) is 41.9 Å². The Morgan fingerprint density at radius 1 is 1.11 bits per heavy atom. The Morgan fingerprint density at radius 3 is 2.53 bits per heavy atom. The first-order chi connectivity index (χ1) is 17.3. The molecule has 11 heteroatoms. The molecular weight excluding hydrogens is 455 g/mol. The van der Waals surface area contributed by atoms with E-state index >= 15 is 0 Å². The van der Waals surface area contributed by atoms with Crippen molar-refractivity contribution in [1.29, 1.82) is 0 Å². The van der Waals surface area contributed by atoms with Gasteiger partial charge >= 0.3 is 0 Å². The van der Waals surface area contributed by atoms with E-state index < -0.39 is 11.9 Å². The minimum atomic E-state index is -0.637. The van der Waals surface area contributed by atoms with Gasteiger partial charge in [0.05, 0.1) is 19.8 Å². The summed E-state index contributed by atoms with van der Waals surface area (Å²) in [5, 5.41) is 2.35. The Balaban J connectivity index is 1.30. The first-order valence-electron chi connectivity index (χ1n) is 12.6. The smallest absolute Gasteiger partial charge is 0.255 e. The van der Waals surface area contributed by atoms with Crippen molar-refractivity contribution in [2.24, 2.45) is 0 Å². The number of fused-ring (bicyclic) bond motifs is 1.